The van der Waals surface area contributed by atoms with Crippen LogP contribution in [0, 0.1) is 12.3 Å². The number of hydrogen-bond acceptors (Lipinski definition) is 8. The number of rotatable bonds is 5. The van der Waals surface area contributed by atoms with Gasteiger partial charge in [-0.25, -0.2) is 19.3 Å². The Bertz CT molecular complexity index is 1710. The van der Waals surface area contributed by atoms with Gasteiger partial charge in [-0.2, -0.15) is 5.10 Å². The van der Waals surface area contributed by atoms with Crippen molar-refractivity contribution >= 4 is 29.0 Å². The zero-order chi connectivity index (χ0) is 29.2. The van der Waals surface area contributed by atoms with Crippen LogP contribution in [0.4, 0.5) is 11.5 Å². The molecule has 0 aliphatic carbocycles. The number of nitrogens with zero attached hydrogens (tertiary/aromatic N) is 9. The third-order valence-electron chi connectivity index (χ3n) is 9.41. The Labute approximate surface area is 243 Å². The van der Waals surface area contributed by atoms with Crippen LogP contribution in [0.25, 0.3) is 5.65 Å². The van der Waals surface area contributed by atoms with Crippen LogP contribution in [-0.2, 0) is 12.5 Å². The van der Waals surface area contributed by atoms with Crippen molar-refractivity contribution in [2.75, 3.05) is 49.1 Å². The molecule has 3 saturated heterocycles. The first-order chi connectivity index (χ1) is 20.1. The summed E-state index contributed by atoms with van der Waals surface area (Å²) in [5.41, 5.74) is 3.82. The lowest BCUT2D eigenvalue weighted by atomic mass is 9.86. The van der Waals surface area contributed by atoms with Crippen molar-refractivity contribution in [1.29, 1.82) is 0 Å². The third kappa shape index (κ3) is 4.45. The maximum Gasteiger partial charge on any atom is 0.354 e. The molecule has 7 rings (SSSR count). The molecule has 4 aromatic heterocycles. The van der Waals surface area contributed by atoms with Crippen molar-refractivity contribution in [3.63, 3.8) is 0 Å². The molecule has 0 saturated carbocycles. The number of aryl methyl sites for hydroxylation is 2. The number of carboxylic acid groups (broad SMARTS) is 1. The van der Waals surface area contributed by atoms with E-state index in [0.717, 1.165) is 62.4 Å². The van der Waals surface area contributed by atoms with Gasteiger partial charge >= 0.3 is 5.97 Å². The van der Waals surface area contributed by atoms with Crippen LogP contribution >= 0.6 is 0 Å². The second-order valence-electron chi connectivity index (χ2n) is 12.5. The first-order valence-electron chi connectivity index (χ1n) is 14.5. The molecule has 3 aliphatic rings. The Hall–Kier alpha value is -4.48. The van der Waals surface area contributed by atoms with Gasteiger partial charge in [0, 0.05) is 63.3 Å². The summed E-state index contributed by atoms with van der Waals surface area (Å²) in [7, 11) is 1.95. The lowest BCUT2D eigenvalue weighted by Crippen LogP contribution is -2.34. The number of aromatic carboxylic acids is 1. The number of pyridine rings is 2. The summed E-state index contributed by atoms with van der Waals surface area (Å²) in [5.74, 6) is -0.292. The molecule has 1 unspecified atom stereocenters. The fourth-order valence-electron chi connectivity index (χ4n) is 6.95. The highest BCUT2D eigenvalue weighted by Crippen LogP contribution is 2.41. The first-order valence-corrected chi connectivity index (χ1v) is 14.5. The summed E-state index contributed by atoms with van der Waals surface area (Å²) in [6, 6.07) is 9.32. The van der Waals surface area contributed by atoms with Crippen LogP contribution in [0.15, 0.2) is 42.7 Å². The van der Waals surface area contributed by atoms with Gasteiger partial charge in [0.2, 0.25) is 5.82 Å². The van der Waals surface area contributed by atoms with E-state index in [-0.39, 0.29) is 28.3 Å². The van der Waals surface area contributed by atoms with Gasteiger partial charge in [0.25, 0.3) is 5.91 Å². The van der Waals surface area contributed by atoms with Gasteiger partial charge in [0.05, 0.1) is 17.6 Å². The number of hydrogen-bond donors (Lipinski definition) is 1. The summed E-state index contributed by atoms with van der Waals surface area (Å²) in [6.07, 6.45) is 6.79. The fraction of sp³-hybridized carbons (Fsp3) is 0.467. The molecule has 12 heteroatoms. The van der Waals surface area contributed by atoms with E-state index in [2.05, 4.69) is 49.0 Å². The van der Waals surface area contributed by atoms with Crippen LogP contribution < -0.4 is 9.80 Å². The number of amides is 1. The van der Waals surface area contributed by atoms with Crippen LogP contribution in [0.1, 0.15) is 58.6 Å². The van der Waals surface area contributed by atoms with Crippen LogP contribution in [0.2, 0.25) is 0 Å². The standard InChI is InChI=1S/C30H35N9O3/c1-20-15-21(36-12-8-29(2,17-36)23-7-11-35(3)33-23)16-39-26(20)32-25(34-39)27(40)38-14-10-30(19-38)9-13-37(18-30)24-6-4-5-22(31-24)28(41)42/h4-7,11,15-16H,8-10,12-14,17-19H2,1-3H3,(H,41,42)/t29?,30-/m1/s1. The molecular weight excluding hydrogens is 534 g/mol. The van der Waals surface area contributed by atoms with E-state index in [4.69, 9.17) is 0 Å². The minimum Gasteiger partial charge on any atom is -0.477 e. The minimum absolute atomic E-state index is 0.0235. The number of carbonyl (C=O) groups is 2. The molecule has 2 atom stereocenters. The predicted octanol–water partition coefficient (Wildman–Crippen LogP) is 2.78. The molecule has 0 radical (unpaired) electrons. The molecule has 4 aromatic rings. The normalized spacial score (nSPS) is 24.0. The second kappa shape index (κ2) is 9.53. The predicted molar refractivity (Wildman–Crippen MR) is 156 cm³/mol. The highest BCUT2D eigenvalue weighted by atomic mass is 16.4. The van der Waals surface area contributed by atoms with Crippen LogP contribution in [0.5, 0.6) is 0 Å². The molecule has 3 aliphatic heterocycles. The minimum atomic E-state index is -1.03. The quantitative estimate of drug-likeness (QED) is 0.386. The summed E-state index contributed by atoms with van der Waals surface area (Å²) in [5, 5.41) is 18.6. The molecular formula is C30H35N9O3. The lowest BCUT2D eigenvalue weighted by molar-refractivity contribution is 0.0689. The molecule has 42 heavy (non-hydrogen) atoms. The fourth-order valence-corrected chi connectivity index (χ4v) is 6.95. The maximum absolute atomic E-state index is 13.6. The summed E-state index contributed by atoms with van der Waals surface area (Å²) >= 11 is 0. The molecule has 0 bridgehead atoms. The average Bonchev–Trinajstić information content (AvgIpc) is 3.80. The molecule has 3 fully saturated rings. The smallest absolute Gasteiger partial charge is 0.354 e. The molecule has 7 heterocycles. The van der Waals surface area contributed by atoms with Gasteiger partial charge in [-0.3, -0.25) is 9.48 Å². The molecule has 1 amide bonds. The Morgan fingerprint density at radius 2 is 1.76 bits per heavy atom. The van der Waals surface area contributed by atoms with Crippen molar-refractivity contribution in [1.82, 2.24) is 34.3 Å². The maximum atomic E-state index is 13.6. The molecule has 0 aromatic carbocycles. The zero-order valence-corrected chi connectivity index (χ0v) is 24.2. The Balaban J connectivity index is 1.06. The Morgan fingerprint density at radius 1 is 0.952 bits per heavy atom. The number of anilines is 2. The van der Waals surface area contributed by atoms with E-state index in [0.29, 0.717) is 24.6 Å². The largest absolute Gasteiger partial charge is 0.477 e. The summed E-state index contributed by atoms with van der Waals surface area (Å²) in [6.45, 7) is 8.85. The van der Waals surface area contributed by atoms with E-state index < -0.39 is 5.97 Å². The van der Waals surface area contributed by atoms with Gasteiger partial charge in [-0.15, -0.1) is 5.10 Å². The molecule has 12 nitrogen and oxygen atoms in total. The van der Waals surface area contributed by atoms with Crippen LogP contribution in [-0.4, -0.2) is 90.5 Å². The zero-order valence-electron chi connectivity index (χ0n) is 24.2. The first kappa shape index (κ1) is 26.4. The number of carboxylic acids is 1. The average molecular weight is 570 g/mol. The topological polar surface area (TPSA) is 125 Å². The monoisotopic (exact) mass is 569 g/mol. The lowest BCUT2D eigenvalue weighted by Gasteiger charge is -2.24. The van der Waals surface area contributed by atoms with E-state index in [9.17, 15) is 14.7 Å². The van der Waals surface area contributed by atoms with Gasteiger partial charge < -0.3 is 19.8 Å². The van der Waals surface area contributed by atoms with Crippen molar-refractivity contribution in [3.8, 4) is 0 Å². The van der Waals surface area contributed by atoms with Crippen molar-refractivity contribution in [3.05, 3.63) is 65.5 Å². The van der Waals surface area contributed by atoms with E-state index in [1.54, 1.807) is 10.6 Å². The Kier molecular flexibility index (Phi) is 6.00. The van der Waals surface area contributed by atoms with Crippen molar-refractivity contribution in [2.24, 2.45) is 12.5 Å². The second-order valence-corrected chi connectivity index (χ2v) is 12.5. The third-order valence-corrected chi connectivity index (χ3v) is 9.41. The number of fused-ring (bicyclic) bond motifs is 1. The van der Waals surface area contributed by atoms with E-state index >= 15 is 0 Å². The summed E-state index contributed by atoms with van der Waals surface area (Å²) < 4.78 is 3.61. The van der Waals surface area contributed by atoms with Gasteiger partial charge in [0.15, 0.2) is 11.3 Å². The number of aromatic nitrogens is 6. The highest BCUT2D eigenvalue weighted by molar-refractivity contribution is 5.91. The van der Waals surface area contributed by atoms with E-state index in [1.807, 2.05) is 42.0 Å². The van der Waals surface area contributed by atoms with Crippen molar-refractivity contribution < 1.29 is 14.7 Å². The molecule has 1 N–H and O–H groups in total. The summed E-state index contributed by atoms with van der Waals surface area (Å²) in [4.78, 5) is 40.3. The molecule has 1 spiro atoms. The van der Waals surface area contributed by atoms with Crippen LogP contribution in [0.3, 0.4) is 0 Å². The Morgan fingerprint density at radius 3 is 2.55 bits per heavy atom. The van der Waals surface area contributed by atoms with Gasteiger partial charge in [-0.1, -0.05) is 13.0 Å². The van der Waals surface area contributed by atoms with Gasteiger partial charge in [0.1, 0.15) is 5.82 Å². The van der Waals surface area contributed by atoms with Gasteiger partial charge in [-0.05, 0) is 56.0 Å². The molecule has 218 valence electrons. The van der Waals surface area contributed by atoms with Crippen molar-refractivity contribution in [2.45, 2.75) is 38.5 Å². The number of carbonyl (C=O) groups excluding carboxylic acids is 1. The SMILES string of the molecule is Cc1cc(N2CCC(C)(c3ccn(C)n3)C2)cn2nc(C(=O)N3CC[C@@]4(CCN(c5cccc(C(=O)O)n5)C4)C3)nc12. The highest BCUT2D eigenvalue weighted by Gasteiger charge is 2.46. The van der Waals surface area contributed by atoms with E-state index in [1.165, 1.54) is 6.07 Å². The number of likely N-dealkylation sites (tertiary alicyclic amines) is 1.